The van der Waals surface area contributed by atoms with Crippen LogP contribution in [0.1, 0.15) is 5.56 Å². The number of halogens is 3. The molecule has 0 spiro atoms. The molecule has 0 bridgehead atoms. The van der Waals surface area contributed by atoms with Crippen molar-refractivity contribution in [3.8, 4) is 11.5 Å². The van der Waals surface area contributed by atoms with E-state index in [1.165, 1.54) is 0 Å². The fraction of sp³-hybridized carbons (Fsp3) is 0. The summed E-state index contributed by atoms with van der Waals surface area (Å²) in [4.78, 5) is 9.06. The largest absolute Gasteiger partial charge is 0.436 e. The van der Waals surface area contributed by atoms with Crippen LogP contribution in [-0.2, 0) is 0 Å². The lowest BCUT2D eigenvalue weighted by Crippen LogP contribution is -1.81. The van der Waals surface area contributed by atoms with Crippen LogP contribution in [-0.4, -0.2) is 11.2 Å². The van der Waals surface area contributed by atoms with E-state index in [4.69, 9.17) is 27.6 Å². The van der Waals surface area contributed by atoms with Crippen LogP contribution in [0.2, 0.25) is 10.0 Å². The second-order valence-corrected chi connectivity index (χ2v) is 7.25. The first-order valence-electron chi connectivity index (χ1n) is 7.75. The van der Waals surface area contributed by atoms with Gasteiger partial charge in [-0.2, -0.15) is 0 Å². The SMILES string of the molecule is Clc1ccc(C=Nc2ccc3oc(-c4ccccc4Br)nc3c2)cc1Cl. The number of rotatable bonds is 3. The predicted octanol–water partition coefficient (Wildman–Crippen LogP) is 7.31. The average Bonchev–Trinajstić information content (AvgIpc) is 3.06. The van der Waals surface area contributed by atoms with Gasteiger partial charge in [0, 0.05) is 10.7 Å². The smallest absolute Gasteiger partial charge is 0.228 e. The number of hydrogen-bond acceptors (Lipinski definition) is 3. The molecule has 3 nitrogen and oxygen atoms in total. The maximum atomic E-state index is 6.03. The molecule has 4 aromatic rings. The van der Waals surface area contributed by atoms with Crippen LogP contribution >= 0.6 is 39.1 Å². The first-order valence-corrected chi connectivity index (χ1v) is 9.30. The lowest BCUT2D eigenvalue weighted by Gasteiger charge is -1.97. The van der Waals surface area contributed by atoms with Crippen LogP contribution in [0.25, 0.3) is 22.6 Å². The number of aliphatic imine (C=N–C) groups is 1. The molecule has 128 valence electrons. The summed E-state index contributed by atoms with van der Waals surface area (Å²) in [5, 5.41) is 1.02. The van der Waals surface area contributed by atoms with Crippen molar-refractivity contribution in [2.75, 3.05) is 0 Å². The van der Waals surface area contributed by atoms with Crippen molar-refractivity contribution in [1.82, 2.24) is 4.98 Å². The van der Waals surface area contributed by atoms with Gasteiger partial charge in [0.2, 0.25) is 5.89 Å². The summed E-state index contributed by atoms with van der Waals surface area (Å²) in [5.41, 5.74) is 4.01. The van der Waals surface area contributed by atoms with E-state index < -0.39 is 0 Å². The maximum Gasteiger partial charge on any atom is 0.228 e. The number of benzene rings is 3. The Balaban J connectivity index is 1.66. The molecule has 0 aliphatic rings. The predicted molar refractivity (Wildman–Crippen MR) is 111 cm³/mol. The molecule has 4 rings (SSSR count). The summed E-state index contributed by atoms with van der Waals surface area (Å²) in [6, 6.07) is 18.8. The molecule has 26 heavy (non-hydrogen) atoms. The minimum absolute atomic E-state index is 0.501. The zero-order valence-electron chi connectivity index (χ0n) is 13.3. The maximum absolute atomic E-state index is 6.03. The van der Waals surface area contributed by atoms with Crippen molar-refractivity contribution in [2.45, 2.75) is 0 Å². The highest BCUT2D eigenvalue weighted by Crippen LogP contribution is 2.31. The number of oxazole rings is 1. The molecular weight excluding hydrogens is 435 g/mol. The molecule has 0 aliphatic heterocycles. The van der Waals surface area contributed by atoms with E-state index in [0.29, 0.717) is 21.5 Å². The van der Waals surface area contributed by atoms with Crippen LogP contribution < -0.4 is 0 Å². The molecule has 6 heteroatoms. The Morgan fingerprint density at radius 3 is 2.62 bits per heavy atom. The van der Waals surface area contributed by atoms with E-state index in [1.807, 2.05) is 48.5 Å². The van der Waals surface area contributed by atoms with Gasteiger partial charge in [-0.1, -0.05) is 41.4 Å². The topological polar surface area (TPSA) is 38.4 Å². The number of fused-ring (bicyclic) bond motifs is 1. The van der Waals surface area contributed by atoms with Gasteiger partial charge < -0.3 is 4.42 Å². The Morgan fingerprint density at radius 2 is 1.81 bits per heavy atom. The standard InChI is InChI=1S/C20H11BrCl2N2O/c21-15-4-2-1-3-14(15)20-25-18-10-13(6-8-19(18)26-20)24-11-12-5-7-16(22)17(23)9-12/h1-11H. The summed E-state index contributed by atoms with van der Waals surface area (Å²) in [7, 11) is 0. The van der Waals surface area contributed by atoms with E-state index in [0.717, 1.165) is 26.8 Å². The summed E-state index contributed by atoms with van der Waals surface area (Å²) in [6.07, 6.45) is 1.73. The Bertz CT molecular complexity index is 1140. The lowest BCUT2D eigenvalue weighted by molar-refractivity contribution is 0.619. The van der Waals surface area contributed by atoms with Crippen LogP contribution in [0.5, 0.6) is 0 Å². The van der Waals surface area contributed by atoms with Crippen molar-refractivity contribution in [2.24, 2.45) is 4.99 Å². The molecule has 0 atom stereocenters. The van der Waals surface area contributed by atoms with Crippen LogP contribution in [0.15, 0.2) is 74.5 Å². The second kappa shape index (κ2) is 7.23. The van der Waals surface area contributed by atoms with Gasteiger partial charge in [0.05, 0.1) is 21.3 Å². The number of aromatic nitrogens is 1. The van der Waals surface area contributed by atoms with E-state index >= 15 is 0 Å². The molecule has 0 radical (unpaired) electrons. The zero-order chi connectivity index (χ0) is 18.1. The van der Waals surface area contributed by atoms with Gasteiger partial charge in [-0.05, 0) is 64.0 Å². The van der Waals surface area contributed by atoms with Crippen molar-refractivity contribution < 1.29 is 4.42 Å². The van der Waals surface area contributed by atoms with Crippen LogP contribution in [0, 0.1) is 0 Å². The Morgan fingerprint density at radius 1 is 0.962 bits per heavy atom. The third kappa shape index (κ3) is 3.54. The fourth-order valence-corrected chi connectivity index (χ4v) is 3.25. The molecule has 0 aliphatic carbocycles. The second-order valence-electron chi connectivity index (χ2n) is 5.58. The molecule has 1 aromatic heterocycles. The van der Waals surface area contributed by atoms with Gasteiger partial charge in [-0.3, -0.25) is 4.99 Å². The number of nitrogens with zero attached hydrogens (tertiary/aromatic N) is 2. The molecule has 0 saturated heterocycles. The van der Waals surface area contributed by atoms with Crippen LogP contribution in [0.4, 0.5) is 5.69 Å². The van der Waals surface area contributed by atoms with Gasteiger partial charge in [0.1, 0.15) is 5.52 Å². The van der Waals surface area contributed by atoms with E-state index in [-0.39, 0.29) is 0 Å². The summed E-state index contributed by atoms with van der Waals surface area (Å²) >= 11 is 15.5. The van der Waals surface area contributed by atoms with E-state index in [2.05, 4.69) is 25.9 Å². The van der Waals surface area contributed by atoms with Crippen molar-refractivity contribution in [3.05, 3.63) is 80.7 Å². The van der Waals surface area contributed by atoms with Crippen molar-refractivity contribution >= 4 is 62.1 Å². The summed E-state index contributed by atoms with van der Waals surface area (Å²) in [6.45, 7) is 0. The molecule has 1 heterocycles. The Kier molecular flexibility index (Phi) is 4.81. The molecular formula is C20H11BrCl2N2O. The lowest BCUT2D eigenvalue weighted by atomic mass is 10.2. The molecule has 0 N–H and O–H groups in total. The molecule has 0 fully saturated rings. The summed E-state index contributed by atoms with van der Waals surface area (Å²) < 4.78 is 6.79. The van der Waals surface area contributed by atoms with Gasteiger partial charge in [0.15, 0.2) is 5.58 Å². The minimum atomic E-state index is 0.501. The number of hydrogen-bond donors (Lipinski definition) is 0. The first-order chi connectivity index (χ1) is 12.6. The van der Waals surface area contributed by atoms with Gasteiger partial charge in [0.25, 0.3) is 0 Å². The molecule has 3 aromatic carbocycles. The Hall–Kier alpha value is -2.14. The molecule has 0 unspecified atom stereocenters. The quantitative estimate of drug-likeness (QED) is 0.310. The van der Waals surface area contributed by atoms with E-state index in [1.54, 1.807) is 18.3 Å². The highest BCUT2D eigenvalue weighted by atomic mass is 79.9. The monoisotopic (exact) mass is 444 g/mol. The van der Waals surface area contributed by atoms with Gasteiger partial charge >= 0.3 is 0 Å². The summed E-state index contributed by atoms with van der Waals surface area (Å²) in [5.74, 6) is 0.568. The van der Waals surface area contributed by atoms with Crippen molar-refractivity contribution in [1.29, 1.82) is 0 Å². The first kappa shape index (κ1) is 17.3. The Labute approximate surface area is 168 Å². The minimum Gasteiger partial charge on any atom is -0.436 e. The van der Waals surface area contributed by atoms with Crippen molar-refractivity contribution in [3.63, 3.8) is 0 Å². The highest BCUT2D eigenvalue weighted by Gasteiger charge is 2.11. The normalized spacial score (nSPS) is 11.5. The average molecular weight is 446 g/mol. The third-order valence-electron chi connectivity index (χ3n) is 3.78. The van der Waals surface area contributed by atoms with Gasteiger partial charge in [-0.15, -0.1) is 0 Å². The zero-order valence-corrected chi connectivity index (χ0v) is 16.4. The van der Waals surface area contributed by atoms with Crippen LogP contribution in [0.3, 0.4) is 0 Å². The highest BCUT2D eigenvalue weighted by molar-refractivity contribution is 9.10. The third-order valence-corrected chi connectivity index (χ3v) is 5.21. The fourth-order valence-electron chi connectivity index (χ4n) is 2.49. The molecule has 0 amide bonds. The van der Waals surface area contributed by atoms with Gasteiger partial charge in [-0.25, -0.2) is 4.98 Å². The van der Waals surface area contributed by atoms with E-state index in [9.17, 15) is 0 Å². The molecule has 0 saturated carbocycles.